The van der Waals surface area contributed by atoms with E-state index in [2.05, 4.69) is 10.3 Å². The minimum absolute atomic E-state index is 0.214. The lowest BCUT2D eigenvalue weighted by molar-refractivity contribution is -0.111. The van der Waals surface area contributed by atoms with Crippen LogP contribution in [0.1, 0.15) is 18.4 Å². The van der Waals surface area contributed by atoms with Crippen LogP contribution in [-0.4, -0.2) is 10.9 Å². The maximum Gasteiger partial charge on any atom is 0.250 e. The van der Waals surface area contributed by atoms with Gasteiger partial charge in [0.1, 0.15) is 11.5 Å². The van der Waals surface area contributed by atoms with E-state index in [1.807, 2.05) is 19.1 Å². The quantitative estimate of drug-likeness (QED) is 0.846. The second kappa shape index (κ2) is 5.45. The van der Waals surface area contributed by atoms with Crippen LogP contribution in [-0.2, 0) is 11.2 Å². The molecule has 2 aromatic rings. The summed E-state index contributed by atoms with van der Waals surface area (Å²) in [5.41, 5.74) is 0. The number of rotatable bonds is 4. The van der Waals surface area contributed by atoms with E-state index < -0.39 is 0 Å². The van der Waals surface area contributed by atoms with Crippen LogP contribution in [0.5, 0.6) is 0 Å². The topological polar surface area (TPSA) is 55.1 Å². The zero-order valence-corrected chi connectivity index (χ0v) is 10.2. The Hall–Kier alpha value is -1.88. The van der Waals surface area contributed by atoms with Gasteiger partial charge in [0.15, 0.2) is 5.13 Å². The minimum atomic E-state index is -0.214. The van der Waals surface area contributed by atoms with Gasteiger partial charge >= 0.3 is 0 Å². The summed E-state index contributed by atoms with van der Waals surface area (Å²) in [6.45, 7) is 2.02. The second-order valence-corrected chi connectivity index (χ2v) is 4.21. The van der Waals surface area contributed by atoms with E-state index in [1.165, 1.54) is 17.4 Å². The molecule has 17 heavy (non-hydrogen) atoms. The average Bonchev–Trinajstić information content (AvgIpc) is 2.96. The van der Waals surface area contributed by atoms with Gasteiger partial charge in [-0.1, -0.05) is 6.92 Å². The van der Waals surface area contributed by atoms with E-state index in [1.54, 1.807) is 17.7 Å². The summed E-state index contributed by atoms with van der Waals surface area (Å²) in [5.74, 6) is 1.37. The van der Waals surface area contributed by atoms with Gasteiger partial charge < -0.3 is 4.42 Å². The van der Waals surface area contributed by atoms with Crippen molar-refractivity contribution >= 4 is 28.5 Å². The number of hydrogen-bond acceptors (Lipinski definition) is 4. The van der Waals surface area contributed by atoms with Crippen LogP contribution in [0.25, 0.3) is 6.08 Å². The fourth-order valence-electron chi connectivity index (χ4n) is 1.26. The summed E-state index contributed by atoms with van der Waals surface area (Å²) < 4.78 is 5.44. The third-order valence-electron chi connectivity index (χ3n) is 2.09. The molecule has 1 N–H and O–H groups in total. The first-order valence-electron chi connectivity index (χ1n) is 5.25. The van der Waals surface area contributed by atoms with Gasteiger partial charge in [-0.3, -0.25) is 10.1 Å². The van der Waals surface area contributed by atoms with Crippen LogP contribution in [0, 0.1) is 0 Å². The number of nitrogens with zero attached hydrogens (tertiary/aromatic N) is 1. The van der Waals surface area contributed by atoms with Gasteiger partial charge in [-0.2, -0.15) is 0 Å². The van der Waals surface area contributed by atoms with E-state index in [0.717, 1.165) is 12.2 Å². The lowest BCUT2D eigenvalue weighted by atomic mass is 10.3. The Kier molecular flexibility index (Phi) is 3.72. The molecule has 2 rings (SSSR count). The highest BCUT2D eigenvalue weighted by Crippen LogP contribution is 2.12. The van der Waals surface area contributed by atoms with E-state index in [0.29, 0.717) is 10.9 Å². The van der Waals surface area contributed by atoms with E-state index >= 15 is 0 Å². The molecule has 0 saturated heterocycles. The zero-order chi connectivity index (χ0) is 12.1. The number of aryl methyl sites for hydroxylation is 1. The van der Waals surface area contributed by atoms with Crippen molar-refractivity contribution in [3.8, 4) is 0 Å². The van der Waals surface area contributed by atoms with Crippen LogP contribution in [0.15, 0.2) is 34.2 Å². The molecule has 0 spiro atoms. The predicted octanol–water partition coefficient (Wildman–Crippen LogP) is 2.95. The van der Waals surface area contributed by atoms with E-state index in [4.69, 9.17) is 4.42 Å². The molecule has 0 fully saturated rings. The number of thiazole rings is 1. The van der Waals surface area contributed by atoms with Crippen molar-refractivity contribution in [2.75, 3.05) is 5.32 Å². The summed E-state index contributed by atoms with van der Waals surface area (Å²) in [4.78, 5) is 15.4. The molecule has 2 heterocycles. The zero-order valence-electron chi connectivity index (χ0n) is 9.34. The number of aromatic nitrogens is 1. The molecule has 0 aliphatic carbocycles. The van der Waals surface area contributed by atoms with Gasteiger partial charge in [0.2, 0.25) is 5.91 Å². The van der Waals surface area contributed by atoms with Gasteiger partial charge in [-0.25, -0.2) is 4.98 Å². The first-order valence-corrected chi connectivity index (χ1v) is 6.13. The van der Waals surface area contributed by atoms with Crippen LogP contribution in [0.3, 0.4) is 0 Å². The number of carbonyl (C=O) groups excluding carboxylic acids is 1. The lowest BCUT2D eigenvalue weighted by Crippen LogP contribution is -2.06. The van der Waals surface area contributed by atoms with Crippen molar-refractivity contribution in [3.63, 3.8) is 0 Å². The minimum Gasteiger partial charge on any atom is -0.462 e. The van der Waals surface area contributed by atoms with Crippen LogP contribution in [0.2, 0.25) is 0 Å². The van der Waals surface area contributed by atoms with E-state index in [9.17, 15) is 4.79 Å². The molecule has 0 radical (unpaired) electrons. The molecule has 0 aromatic carbocycles. The molecular formula is C12H12N2O2S. The summed E-state index contributed by atoms with van der Waals surface area (Å²) >= 11 is 1.38. The number of amides is 1. The standard InChI is InChI=1S/C12H12N2O2S/c1-2-9-3-4-10(16-9)5-6-11(15)14-12-13-7-8-17-12/h3-8H,2H2,1H3,(H,13,14,15). The smallest absolute Gasteiger partial charge is 0.250 e. The number of carbonyl (C=O) groups is 1. The van der Waals surface area contributed by atoms with Gasteiger partial charge in [-0.05, 0) is 18.2 Å². The number of anilines is 1. The molecule has 1 amide bonds. The second-order valence-electron chi connectivity index (χ2n) is 3.32. The Morgan fingerprint density at radius 1 is 1.59 bits per heavy atom. The number of nitrogens with one attached hydrogen (secondary N) is 1. The van der Waals surface area contributed by atoms with Crippen LogP contribution < -0.4 is 5.32 Å². The number of hydrogen-bond donors (Lipinski definition) is 1. The molecule has 0 aliphatic heterocycles. The molecule has 0 aliphatic rings. The van der Waals surface area contributed by atoms with Crippen molar-refractivity contribution in [3.05, 3.63) is 41.3 Å². The highest BCUT2D eigenvalue weighted by atomic mass is 32.1. The first-order chi connectivity index (χ1) is 8.28. The molecule has 0 bridgehead atoms. The van der Waals surface area contributed by atoms with Crippen molar-refractivity contribution < 1.29 is 9.21 Å². The molecule has 88 valence electrons. The molecular weight excluding hydrogens is 236 g/mol. The summed E-state index contributed by atoms with van der Waals surface area (Å²) in [5, 5.41) is 5.05. The molecule has 0 saturated carbocycles. The normalized spacial score (nSPS) is 10.9. The van der Waals surface area contributed by atoms with Gasteiger partial charge in [-0.15, -0.1) is 11.3 Å². The number of furan rings is 1. The molecule has 4 nitrogen and oxygen atoms in total. The van der Waals surface area contributed by atoms with Crippen molar-refractivity contribution in [1.29, 1.82) is 0 Å². The average molecular weight is 248 g/mol. The summed E-state index contributed by atoms with van der Waals surface area (Å²) in [6.07, 6.45) is 5.56. The lowest BCUT2D eigenvalue weighted by Gasteiger charge is -1.94. The Morgan fingerprint density at radius 2 is 2.47 bits per heavy atom. The highest BCUT2D eigenvalue weighted by molar-refractivity contribution is 7.13. The van der Waals surface area contributed by atoms with Crippen LogP contribution in [0.4, 0.5) is 5.13 Å². The Balaban J connectivity index is 1.93. The fraction of sp³-hybridized carbons (Fsp3) is 0.167. The van der Waals surface area contributed by atoms with Gasteiger partial charge in [0.05, 0.1) is 0 Å². The van der Waals surface area contributed by atoms with Crippen molar-refractivity contribution in [2.45, 2.75) is 13.3 Å². The molecule has 2 aromatic heterocycles. The molecule has 0 unspecified atom stereocenters. The van der Waals surface area contributed by atoms with E-state index in [-0.39, 0.29) is 5.91 Å². The fourth-order valence-corrected chi connectivity index (χ4v) is 1.80. The van der Waals surface area contributed by atoms with Crippen molar-refractivity contribution in [2.24, 2.45) is 0 Å². The monoisotopic (exact) mass is 248 g/mol. The van der Waals surface area contributed by atoms with Crippen molar-refractivity contribution in [1.82, 2.24) is 4.98 Å². The maximum absolute atomic E-state index is 11.5. The summed E-state index contributed by atoms with van der Waals surface area (Å²) in [7, 11) is 0. The van der Waals surface area contributed by atoms with Gasteiger partial charge in [0.25, 0.3) is 0 Å². The SMILES string of the molecule is CCc1ccc(C=CC(=O)Nc2nccs2)o1. The Morgan fingerprint density at radius 3 is 3.12 bits per heavy atom. The van der Waals surface area contributed by atoms with Gasteiger partial charge in [0, 0.05) is 24.1 Å². The Labute approximate surface area is 103 Å². The maximum atomic E-state index is 11.5. The third-order valence-corrected chi connectivity index (χ3v) is 2.78. The largest absolute Gasteiger partial charge is 0.462 e. The third kappa shape index (κ3) is 3.29. The Bertz CT molecular complexity index is 514. The molecule has 5 heteroatoms. The summed E-state index contributed by atoms with van der Waals surface area (Å²) in [6, 6.07) is 3.74. The highest BCUT2D eigenvalue weighted by Gasteiger charge is 2.00. The predicted molar refractivity (Wildman–Crippen MR) is 67.9 cm³/mol. The molecule has 0 atom stereocenters. The first kappa shape index (κ1) is 11.6. The van der Waals surface area contributed by atoms with Crippen LogP contribution >= 0.6 is 11.3 Å².